The topological polar surface area (TPSA) is 75.2 Å². The summed E-state index contributed by atoms with van der Waals surface area (Å²) in [5.74, 6) is 2.33. The molecule has 178 valence electrons. The Labute approximate surface area is 213 Å². The summed E-state index contributed by atoms with van der Waals surface area (Å²) in [5, 5.41) is 6.30. The first-order valence-electron chi connectivity index (χ1n) is 11.3. The second-order valence-electron chi connectivity index (χ2n) is 8.29. The number of carbonyl (C=O) groups is 1. The third-order valence-electron chi connectivity index (χ3n) is 5.89. The molecule has 1 atom stereocenters. The summed E-state index contributed by atoms with van der Waals surface area (Å²) < 4.78 is 11.8. The van der Waals surface area contributed by atoms with Gasteiger partial charge in [0, 0.05) is 38.2 Å². The van der Waals surface area contributed by atoms with Crippen molar-refractivity contribution in [2.45, 2.75) is 25.9 Å². The van der Waals surface area contributed by atoms with Gasteiger partial charge >= 0.3 is 0 Å². The van der Waals surface area contributed by atoms with Crippen LogP contribution in [0.3, 0.4) is 0 Å². The van der Waals surface area contributed by atoms with Crippen LogP contribution in [0.1, 0.15) is 24.0 Å². The second kappa shape index (κ2) is 12.8. The molecule has 2 aromatic carbocycles. The molecule has 0 aliphatic carbocycles. The van der Waals surface area contributed by atoms with Gasteiger partial charge in [0.1, 0.15) is 12.4 Å². The number of benzene rings is 2. The number of anilines is 1. The average molecular weight is 564 g/mol. The van der Waals surface area contributed by atoms with Crippen molar-refractivity contribution in [1.29, 1.82) is 0 Å². The van der Waals surface area contributed by atoms with Crippen LogP contribution in [0.25, 0.3) is 0 Å². The minimum absolute atomic E-state index is 0. The number of hydrogen-bond donors (Lipinski definition) is 2. The van der Waals surface area contributed by atoms with E-state index in [4.69, 9.17) is 9.47 Å². The smallest absolute Gasteiger partial charge is 0.224 e. The molecule has 4 rings (SSSR count). The molecule has 1 fully saturated rings. The number of fused-ring (bicyclic) bond motifs is 1. The number of nitrogens with one attached hydrogen (secondary N) is 2. The van der Waals surface area contributed by atoms with Crippen molar-refractivity contribution in [1.82, 2.24) is 10.2 Å². The van der Waals surface area contributed by atoms with Gasteiger partial charge < -0.3 is 25.0 Å². The number of carbonyl (C=O) groups excluding carboxylic acids is 1. The van der Waals surface area contributed by atoms with E-state index in [1.54, 1.807) is 0 Å². The summed E-state index contributed by atoms with van der Waals surface area (Å²) in [6.45, 7) is 4.58. The first kappa shape index (κ1) is 25.3. The number of hydrogen-bond acceptors (Lipinski definition) is 4. The minimum Gasteiger partial charge on any atom is -0.492 e. The normalized spacial score (nSPS) is 17.7. The highest BCUT2D eigenvalue weighted by Gasteiger charge is 2.25. The van der Waals surface area contributed by atoms with Crippen molar-refractivity contribution in [3.63, 3.8) is 0 Å². The lowest BCUT2D eigenvalue weighted by Gasteiger charge is -2.22. The first-order valence-corrected chi connectivity index (χ1v) is 11.3. The van der Waals surface area contributed by atoms with Crippen LogP contribution in [-0.2, 0) is 22.6 Å². The Bertz CT molecular complexity index is 939. The Morgan fingerprint density at radius 2 is 2.06 bits per heavy atom. The Morgan fingerprint density at radius 1 is 1.21 bits per heavy atom. The van der Waals surface area contributed by atoms with E-state index in [0.717, 1.165) is 55.5 Å². The third kappa shape index (κ3) is 7.33. The van der Waals surface area contributed by atoms with Crippen molar-refractivity contribution in [2.24, 2.45) is 10.9 Å². The largest absolute Gasteiger partial charge is 0.492 e. The average Bonchev–Trinajstić information content (AvgIpc) is 3.28. The Hall–Kier alpha value is -2.33. The highest BCUT2D eigenvalue weighted by atomic mass is 127. The fraction of sp³-hybridized carbons (Fsp3) is 0.440. The fourth-order valence-electron chi connectivity index (χ4n) is 4.19. The number of aliphatic imine (C=N–C) groups is 1. The quantitative estimate of drug-likeness (QED) is 0.222. The van der Waals surface area contributed by atoms with Crippen molar-refractivity contribution < 1.29 is 14.3 Å². The lowest BCUT2D eigenvalue weighted by atomic mass is 10.0. The van der Waals surface area contributed by atoms with E-state index in [2.05, 4.69) is 32.7 Å². The SMILES string of the molecule is CN=C(NCCOc1ccc2c(c1)CCC(=O)N2)N1CCC(COCc2ccccc2)C1.I. The highest BCUT2D eigenvalue weighted by molar-refractivity contribution is 14.0. The number of nitrogens with zero attached hydrogens (tertiary/aromatic N) is 2. The fourth-order valence-corrected chi connectivity index (χ4v) is 4.19. The summed E-state index contributed by atoms with van der Waals surface area (Å²) in [6.07, 6.45) is 2.40. The summed E-state index contributed by atoms with van der Waals surface area (Å²) in [5.41, 5.74) is 3.23. The van der Waals surface area contributed by atoms with Crippen molar-refractivity contribution in [3.8, 4) is 5.75 Å². The Balaban J connectivity index is 0.00000306. The zero-order chi connectivity index (χ0) is 22.2. The molecular formula is C25H33IN4O3. The number of aryl methyl sites for hydroxylation is 1. The van der Waals surface area contributed by atoms with Crippen LogP contribution in [0, 0.1) is 5.92 Å². The van der Waals surface area contributed by atoms with E-state index in [9.17, 15) is 4.79 Å². The highest BCUT2D eigenvalue weighted by Crippen LogP contribution is 2.26. The van der Waals surface area contributed by atoms with Gasteiger partial charge in [-0.05, 0) is 42.2 Å². The number of likely N-dealkylation sites (tertiary alicyclic amines) is 1. The molecule has 2 aliphatic rings. The molecule has 1 amide bonds. The molecule has 0 bridgehead atoms. The van der Waals surface area contributed by atoms with Gasteiger partial charge in [0.05, 0.1) is 19.8 Å². The lowest BCUT2D eigenvalue weighted by Crippen LogP contribution is -2.41. The molecule has 0 radical (unpaired) electrons. The molecule has 2 aliphatic heterocycles. The monoisotopic (exact) mass is 564 g/mol. The van der Waals surface area contributed by atoms with Crippen LogP contribution in [-0.4, -0.2) is 56.7 Å². The van der Waals surface area contributed by atoms with E-state index < -0.39 is 0 Å². The molecule has 0 aromatic heterocycles. The number of ether oxygens (including phenoxy) is 2. The molecule has 2 heterocycles. The molecule has 0 spiro atoms. The van der Waals surface area contributed by atoms with Crippen LogP contribution in [0.2, 0.25) is 0 Å². The zero-order valence-corrected chi connectivity index (χ0v) is 21.4. The van der Waals surface area contributed by atoms with Gasteiger partial charge in [-0.25, -0.2) is 0 Å². The molecule has 2 aromatic rings. The van der Waals surface area contributed by atoms with Gasteiger partial charge in [0.15, 0.2) is 5.96 Å². The summed E-state index contributed by atoms with van der Waals surface area (Å²) in [7, 11) is 1.82. The summed E-state index contributed by atoms with van der Waals surface area (Å²) >= 11 is 0. The van der Waals surface area contributed by atoms with Gasteiger partial charge in [0.25, 0.3) is 0 Å². The molecule has 0 saturated carbocycles. The molecule has 2 N–H and O–H groups in total. The van der Waals surface area contributed by atoms with E-state index in [-0.39, 0.29) is 29.9 Å². The third-order valence-corrected chi connectivity index (χ3v) is 5.89. The molecule has 1 saturated heterocycles. The van der Waals surface area contributed by atoms with Crippen molar-refractivity contribution in [2.75, 3.05) is 45.2 Å². The van der Waals surface area contributed by atoms with Crippen LogP contribution in [0.5, 0.6) is 5.75 Å². The standard InChI is InChI=1S/C25H32N4O3.HI/c1-26-25(29-13-11-20(16-29)18-31-17-19-5-3-2-4-6-19)27-12-14-32-22-8-9-23-21(15-22)7-10-24(30)28-23;/h2-6,8-9,15,20H,7,10-14,16-18H2,1H3,(H,26,27)(H,28,30);1H. The maximum absolute atomic E-state index is 11.5. The van der Waals surface area contributed by atoms with Gasteiger partial charge in [-0.15, -0.1) is 24.0 Å². The molecule has 8 heteroatoms. The van der Waals surface area contributed by atoms with Gasteiger partial charge in [-0.2, -0.15) is 0 Å². The van der Waals surface area contributed by atoms with Gasteiger partial charge in [-0.3, -0.25) is 9.79 Å². The Kier molecular flexibility index (Phi) is 9.80. The maximum Gasteiger partial charge on any atom is 0.224 e. The second-order valence-corrected chi connectivity index (χ2v) is 8.29. The van der Waals surface area contributed by atoms with Crippen LogP contribution >= 0.6 is 24.0 Å². The van der Waals surface area contributed by atoms with Crippen LogP contribution in [0.4, 0.5) is 5.69 Å². The van der Waals surface area contributed by atoms with Crippen LogP contribution < -0.4 is 15.4 Å². The molecule has 1 unspecified atom stereocenters. The van der Waals surface area contributed by atoms with Crippen molar-refractivity contribution >= 4 is 41.5 Å². The van der Waals surface area contributed by atoms with Gasteiger partial charge in [0.2, 0.25) is 5.91 Å². The predicted molar refractivity (Wildman–Crippen MR) is 141 cm³/mol. The van der Waals surface area contributed by atoms with Gasteiger partial charge in [-0.1, -0.05) is 30.3 Å². The molecule has 7 nitrogen and oxygen atoms in total. The summed E-state index contributed by atoms with van der Waals surface area (Å²) in [4.78, 5) is 18.2. The first-order chi connectivity index (χ1) is 15.7. The number of amides is 1. The predicted octanol–water partition coefficient (Wildman–Crippen LogP) is 3.68. The lowest BCUT2D eigenvalue weighted by molar-refractivity contribution is -0.116. The number of guanidine groups is 1. The number of rotatable bonds is 8. The molecule has 33 heavy (non-hydrogen) atoms. The van der Waals surface area contributed by atoms with Crippen molar-refractivity contribution in [3.05, 3.63) is 59.7 Å². The molecular weight excluding hydrogens is 531 g/mol. The van der Waals surface area contributed by atoms with Crippen LogP contribution in [0.15, 0.2) is 53.5 Å². The Morgan fingerprint density at radius 3 is 2.88 bits per heavy atom. The van der Waals surface area contributed by atoms with E-state index in [1.807, 2.05) is 43.4 Å². The van der Waals surface area contributed by atoms with E-state index in [0.29, 0.717) is 32.1 Å². The summed E-state index contributed by atoms with van der Waals surface area (Å²) in [6, 6.07) is 16.1. The zero-order valence-electron chi connectivity index (χ0n) is 19.1. The van der Waals surface area contributed by atoms with E-state index in [1.165, 1.54) is 5.56 Å². The van der Waals surface area contributed by atoms with E-state index >= 15 is 0 Å². The minimum atomic E-state index is 0. The number of halogens is 1. The maximum atomic E-state index is 11.5.